The highest BCUT2D eigenvalue weighted by Gasteiger charge is 2.34. The van der Waals surface area contributed by atoms with Gasteiger partial charge in [-0.25, -0.2) is 8.78 Å². The van der Waals surface area contributed by atoms with E-state index in [2.05, 4.69) is 28.3 Å². The molecule has 0 saturated carbocycles. The van der Waals surface area contributed by atoms with E-state index in [9.17, 15) is 8.78 Å². The summed E-state index contributed by atoms with van der Waals surface area (Å²) in [7, 11) is 2.24. The molecule has 0 radical (unpaired) electrons. The van der Waals surface area contributed by atoms with Crippen LogP contribution in [-0.2, 0) is 0 Å². The van der Waals surface area contributed by atoms with Crippen LogP contribution in [0.3, 0.4) is 0 Å². The zero-order chi connectivity index (χ0) is 22.6. The molecule has 5 rings (SSSR count). The Morgan fingerprint density at radius 1 is 1.12 bits per heavy atom. The number of aromatic nitrogens is 1. The second-order valence-electron chi connectivity index (χ2n) is 9.53. The number of benzene rings is 1. The van der Waals surface area contributed by atoms with Crippen LogP contribution in [0.1, 0.15) is 37.7 Å². The van der Waals surface area contributed by atoms with Crippen LogP contribution in [0.15, 0.2) is 30.5 Å². The van der Waals surface area contributed by atoms with Crippen molar-refractivity contribution in [1.82, 2.24) is 15.2 Å². The third-order valence-corrected chi connectivity index (χ3v) is 7.50. The minimum Gasteiger partial charge on any atom is -0.370 e. The molecular formula is C25H33F2N5. The highest BCUT2D eigenvalue weighted by Crippen LogP contribution is 2.39. The Labute approximate surface area is 189 Å². The minimum atomic E-state index is -2.28. The zero-order valence-electron chi connectivity index (χ0n) is 18.9. The SMILES string of the molecule is CN1CCC2(CCNCC2)CC1.N#Cc1ccc(N2CCC(C(F)F)C2)c2cccnc12. The van der Waals surface area contributed by atoms with Crippen LogP contribution in [-0.4, -0.2) is 62.6 Å². The highest BCUT2D eigenvalue weighted by molar-refractivity contribution is 5.95. The van der Waals surface area contributed by atoms with Gasteiger partial charge in [0, 0.05) is 36.3 Å². The predicted molar refractivity (Wildman–Crippen MR) is 124 cm³/mol. The maximum Gasteiger partial charge on any atom is 0.243 e. The summed E-state index contributed by atoms with van der Waals surface area (Å²) < 4.78 is 25.6. The Hall–Kier alpha value is -2.30. The fourth-order valence-corrected chi connectivity index (χ4v) is 5.29. The van der Waals surface area contributed by atoms with Gasteiger partial charge in [0.25, 0.3) is 0 Å². The number of likely N-dealkylation sites (tertiary alicyclic amines) is 1. The van der Waals surface area contributed by atoms with E-state index in [1.54, 1.807) is 18.3 Å². The summed E-state index contributed by atoms with van der Waals surface area (Å²) in [5.41, 5.74) is 2.76. The monoisotopic (exact) mass is 441 g/mol. The Kier molecular flexibility index (Phi) is 7.22. The number of halogens is 2. The molecule has 3 aliphatic heterocycles. The molecule has 1 unspecified atom stereocenters. The van der Waals surface area contributed by atoms with E-state index in [1.165, 1.54) is 51.9 Å². The third kappa shape index (κ3) is 5.02. The fourth-order valence-electron chi connectivity index (χ4n) is 5.29. The number of piperidine rings is 2. The van der Waals surface area contributed by atoms with Crippen LogP contribution in [0.5, 0.6) is 0 Å². The number of anilines is 1. The van der Waals surface area contributed by atoms with E-state index in [0.29, 0.717) is 30.6 Å². The van der Waals surface area contributed by atoms with Crippen molar-refractivity contribution in [1.29, 1.82) is 5.26 Å². The highest BCUT2D eigenvalue weighted by atomic mass is 19.3. The first-order chi connectivity index (χ1) is 15.5. The van der Waals surface area contributed by atoms with Gasteiger partial charge in [0.05, 0.1) is 11.1 Å². The van der Waals surface area contributed by atoms with Crippen molar-refractivity contribution in [2.75, 3.05) is 51.2 Å². The summed E-state index contributed by atoms with van der Waals surface area (Å²) in [4.78, 5) is 8.67. The fraction of sp³-hybridized carbons (Fsp3) is 0.600. The van der Waals surface area contributed by atoms with Gasteiger partial charge in [-0.05, 0) is 95.0 Å². The summed E-state index contributed by atoms with van der Waals surface area (Å²) in [6.07, 6.45) is 5.57. The number of hydrogen-bond donors (Lipinski definition) is 1. The molecule has 0 amide bonds. The summed E-state index contributed by atoms with van der Waals surface area (Å²) in [5.74, 6) is -0.572. The summed E-state index contributed by atoms with van der Waals surface area (Å²) in [6, 6.07) is 9.33. The molecule has 4 heterocycles. The van der Waals surface area contributed by atoms with Gasteiger partial charge in [0.2, 0.25) is 6.43 Å². The van der Waals surface area contributed by atoms with Crippen molar-refractivity contribution in [3.05, 3.63) is 36.0 Å². The third-order valence-electron chi connectivity index (χ3n) is 7.50. The number of hydrogen-bond acceptors (Lipinski definition) is 5. The Balaban J connectivity index is 0.000000174. The van der Waals surface area contributed by atoms with Crippen LogP contribution >= 0.6 is 0 Å². The molecule has 3 aliphatic rings. The van der Waals surface area contributed by atoms with Gasteiger partial charge in [0.1, 0.15) is 6.07 Å². The van der Waals surface area contributed by atoms with Crippen LogP contribution in [0, 0.1) is 22.7 Å². The molecule has 1 spiro atoms. The van der Waals surface area contributed by atoms with Gasteiger partial charge in [-0.15, -0.1) is 0 Å². The van der Waals surface area contributed by atoms with Crippen molar-refractivity contribution in [2.24, 2.45) is 11.3 Å². The smallest absolute Gasteiger partial charge is 0.243 e. The van der Waals surface area contributed by atoms with E-state index < -0.39 is 12.3 Å². The molecule has 1 atom stereocenters. The van der Waals surface area contributed by atoms with E-state index in [-0.39, 0.29) is 0 Å². The van der Waals surface area contributed by atoms with Gasteiger partial charge in [-0.1, -0.05) is 0 Å². The molecule has 1 aromatic heterocycles. The van der Waals surface area contributed by atoms with Gasteiger partial charge in [-0.2, -0.15) is 5.26 Å². The molecule has 2 aromatic rings. The second-order valence-corrected chi connectivity index (χ2v) is 9.53. The molecule has 172 valence electrons. The normalized spacial score (nSPS) is 23.2. The Bertz CT molecular complexity index is 941. The lowest BCUT2D eigenvalue weighted by Gasteiger charge is -2.43. The number of fused-ring (bicyclic) bond motifs is 1. The molecular weight excluding hydrogens is 408 g/mol. The van der Waals surface area contributed by atoms with Crippen LogP contribution < -0.4 is 10.2 Å². The molecule has 1 N–H and O–H groups in total. The number of rotatable bonds is 2. The van der Waals surface area contributed by atoms with E-state index >= 15 is 0 Å². The molecule has 0 bridgehead atoms. The first-order valence-corrected chi connectivity index (χ1v) is 11.7. The topological polar surface area (TPSA) is 55.2 Å². The summed E-state index contributed by atoms with van der Waals surface area (Å²) in [5, 5.41) is 13.4. The molecule has 1 aromatic carbocycles. The van der Waals surface area contributed by atoms with Gasteiger partial charge in [-0.3, -0.25) is 4.98 Å². The zero-order valence-corrected chi connectivity index (χ0v) is 18.9. The maximum atomic E-state index is 12.8. The molecule has 3 saturated heterocycles. The van der Waals surface area contributed by atoms with Crippen molar-refractivity contribution in [2.45, 2.75) is 38.5 Å². The van der Waals surface area contributed by atoms with Crippen molar-refractivity contribution >= 4 is 16.6 Å². The second kappa shape index (κ2) is 10.1. The number of pyridine rings is 1. The van der Waals surface area contributed by atoms with Gasteiger partial charge >= 0.3 is 0 Å². The molecule has 7 heteroatoms. The van der Waals surface area contributed by atoms with Crippen molar-refractivity contribution in [3.8, 4) is 6.07 Å². The molecule has 5 nitrogen and oxygen atoms in total. The number of nitriles is 1. The quantitative estimate of drug-likeness (QED) is 0.754. The number of nitrogens with zero attached hydrogens (tertiary/aromatic N) is 4. The van der Waals surface area contributed by atoms with Crippen molar-refractivity contribution < 1.29 is 8.78 Å². The standard InChI is InChI=1S/C15H13F2N3.C10H20N2/c16-15(17)11-5-7-20(9-11)13-4-3-10(8-18)14-12(13)2-1-6-19-14;1-12-8-4-10(5-9-12)2-6-11-7-3-10/h1-4,6,11,15H,5,7,9H2;11H,2-9H2,1H3. The summed E-state index contributed by atoms with van der Waals surface area (Å²) in [6.45, 7) is 6.12. The van der Waals surface area contributed by atoms with E-state index in [1.807, 2.05) is 17.0 Å². The Morgan fingerprint density at radius 2 is 1.88 bits per heavy atom. The average molecular weight is 442 g/mol. The molecule has 32 heavy (non-hydrogen) atoms. The summed E-state index contributed by atoms with van der Waals surface area (Å²) >= 11 is 0. The lowest BCUT2D eigenvalue weighted by Crippen LogP contribution is -2.44. The largest absolute Gasteiger partial charge is 0.370 e. The first kappa shape index (κ1) is 22.9. The van der Waals surface area contributed by atoms with E-state index in [0.717, 1.165) is 16.5 Å². The Morgan fingerprint density at radius 3 is 2.53 bits per heavy atom. The van der Waals surface area contributed by atoms with Crippen molar-refractivity contribution in [3.63, 3.8) is 0 Å². The number of alkyl halides is 2. The molecule has 3 fully saturated rings. The van der Waals surface area contributed by atoms with Gasteiger partial charge < -0.3 is 15.1 Å². The first-order valence-electron chi connectivity index (χ1n) is 11.7. The lowest BCUT2D eigenvalue weighted by molar-refractivity contribution is 0.0876. The van der Waals surface area contributed by atoms with Gasteiger partial charge in [0.15, 0.2) is 0 Å². The number of nitrogens with one attached hydrogen (secondary N) is 1. The minimum absolute atomic E-state index is 0.355. The molecule has 0 aliphatic carbocycles. The van der Waals surface area contributed by atoms with Crippen LogP contribution in [0.25, 0.3) is 10.9 Å². The van der Waals surface area contributed by atoms with E-state index in [4.69, 9.17) is 5.26 Å². The predicted octanol–water partition coefficient (Wildman–Crippen LogP) is 4.28. The van der Waals surface area contributed by atoms with Crippen LogP contribution in [0.2, 0.25) is 0 Å². The average Bonchev–Trinajstić information content (AvgIpc) is 3.32. The maximum absolute atomic E-state index is 12.8. The lowest BCUT2D eigenvalue weighted by atomic mass is 9.72. The van der Waals surface area contributed by atoms with Crippen LogP contribution in [0.4, 0.5) is 14.5 Å².